The molecule has 0 radical (unpaired) electrons. The van der Waals surface area contributed by atoms with E-state index in [9.17, 15) is 10.1 Å². The Morgan fingerprint density at radius 1 is 1.28 bits per heavy atom. The summed E-state index contributed by atoms with van der Waals surface area (Å²) in [6, 6.07) is 11.2. The lowest BCUT2D eigenvalue weighted by molar-refractivity contribution is -0.384. The van der Waals surface area contributed by atoms with Crippen molar-refractivity contribution in [1.82, 2.24) is 4.98 Å². The van der Waals surface area contributed by atoms with E-state index in [4.69, 9.17) is 5.73 Å². The number of rotatable bonds is 3. The number of hydrogen-bond acceptors (Lipinski definition) is 4. The molecular formula is C12H10N4O2. The van der Waals surface area contributed by atoms with Crippen molar-refractivity contribution in [3.8, 4) is 0 Å². The monoisotopic (exact) mass is 242 g/mol. The summed E-state index contributed by atoms with van der Waals surface area (Å²) in [6.45, 7) is 0. The van der Waals surface area contributed by atoms with Gasteiger partial charge >= 0.3 is 0 Å². The summed E-state index contributed by atoms with van der Waals surface area (Å²) >= 11 is 0. The molecule has 0 saturated carbocycles. The summed E-state index contributed by atoms with van der Waals surface area (Å²) in [7, 11) is 0. The van der Waals surface area contributed by atoms with Gasteiger partial charge in [-0.1, -0.05) is 12.1 Å². The summed E-state index contributed by atoms with van der Waals surface area (Å²) in [5.41, 5.74) is 6.70. The van der Waals surface area contributed by atoms with Crippen LogP contribution >= 0.6 is 0 Å². The van der Waals surface area contributed by atoms with Crippen molar-refractivity contribution in [2.24, 2.45) is 10.7 Å². The molecule has 1 aromatic heterocycles. The molecule has 0 fully saturated rings. The van der Waals surface area contributed by atoms with Crippen LogP contribution in [0.15, 0.2) is 53.7 Å². The summed E-state index contributed by atoms with van der Waals surface area (Å²) in [4.78, 5) is 18.3. The van der Waals surface area contributed by atoms with E-state index in [1.807, 2.05) is 0 Å². The van der Waals surface area contributed by atoms with Crippen LogP contribution in [0.1, 0.15) is 5.69 Å². The minimum Gasteiger partial charge on any atom is -0.382 e. The number of amidine groups is 1. The van der Waals surface area contributed by atoms with E-state index in [0.29, 0.717) is 11.4 Å². The van der Waals surface area contributed by atoms with Crippen molar-refractivity contribution < 1.29 is 4.92 Å². The van der Waals surface area contributed by atoms with Crippen LogP contribution in [0.5, 0.6) is 0 Å². The molecule has 2 N–H and O–H groups in total. The van der Waals surface area contributed by atoms with Crippen LogP contribution in [0.2, 0.25) is 0 Å². The van der Waals surface area contributed by atoms with Crippen LogP contribution < -0.4 is 5.73 Å². The van der Waals surface area contributed by atoms with E-state index in [2.05, 4.69) is 9.98 Å². The van der Waals surface area contributed by atoms with E-state index in [1.54, 1.807) is 36.5 Å². The highest BCUT2D eigenvalue weighted by molar-refractivity contribution is 5.97. The summed E-state index contributed by atoms with van der Waals surface area (Å²) < 4.78 is 0. The number of aromatic nitrogens is 1. The van der Waals surface area contributed by atoms with Crippen LogP contribution in [0.4, 0.5) is 11.4 Å². The average molecular weight is 242 g/mol. The molecule has 0 amide bonds. The molecular weight excluding hydrogens is 232 g/mol. The second-order valence-electron chi connectivity index (χ2n) is 3.49. The third kappa shape index (κ3) is 2.67. The van der Waals surface area contributed by atoms with Gasteiger partial charge in [0.05, 0.1) is 10.6 Å². The smallest absolute Gasteiger partial charge is 0.271 e. The van der Waals surface area contributed by atoms with Crippen LogP contribution in [0.25, 0.3) is 0 Å². The highest BCUT2D eigenvalue weighted by atomic mass is 16.6. The first-order valence-corrected chi connectivity index (χ1v) is 5.17. The summed E-state index contributed by atoms with van der Waals surface area (Å²) in [6.07, 6.45) is 1.60. The predicted molar refractivity (Wildman–Crippen MR) is 67.7 cm³/mol. The van der Waals surface area contributed by atoms with Gasteiger partial charge in [-0.15, -0.1) is 0 Å². The maximum absolute atomic E-state index is 10.6. The molecule has 0 aliphatic heterocycles. The molecule has 0 spiro atoms. The van der Waals surface area contributed by atoms with Crippen molar-refractivity contribution >= 4 is 17.2 Å². The number of pyridine rings is 1. The van der Waals surface area contributed by atoms with Crippen molar-refractivity contribution in [2.75, 3.05) is 0 Å². The largest absolute Gasteiger partial charge is 0.382 e. The fraction of sp³-hybridized carbons (Fsp3) is 0. The van der Waals surface area contributed by atoms with Gasteiger partial charge in [-0.3, -0.25) is 15.1 Å². The third-order valence-electron chi connectivity index (χ3n) is 2.22. The number of nitro groups is 1. The Labute approximate surface area is 103 Å². The number of non-ortho nitro benzene ring substituents is 1. The van der Waals surface area contributed by atoms with Crippen LogP contribution in [-0.4, -0.2) is 15.7 Å². The molecule has 0 bridgehead atoms. The minimum absolute atomic E-state index is 0.0231. The summed E-state index contributed by atoms with van der Waals surface area (Å²) in [5, 5.41) is 10.6. The van der Waals surface area contributed by atoms with Gasteiger partial charge in [-0.2, -0.15) is 0 Å². The van der Waals surface area contributed by atoms with Crippen molar-refractivity contribution in [3.63, 3.8) is 0 Å². The highest BCUT2D eigenvalue weighted by Crippen LogP contribution is 2.19. The first-order valence-electron chi connectivity index (χ1n) is 5.17. The Balaban J connectivity index is 2.33. The standard InChI is InChI=1S/C12H10N4O2/c13-12(11-6-1-2-7-14-11)15-9-4-3-5-10(8-9)16(17)18/h1-8H,(H2,13,15). The normalized spacial score (nSPS) is 11.2. The SMILES string of the molecule is NC(=Nc1cccc([N+](=O)[O-])c1)c1ccccn1. The number of nitrogens with zero attached hydrogens (tertiary/aromatic N) is 3. The van der Waals surface area contributed by atoms with E-state index in [1.165, 1.54) is 12.1 Å². The Kier molecular flexibility index (Phi) is 3.29. The summed E-state index contributed by atoms with van der Waals surface area (Å²) in [5.74, 6) is 0.219. The Morgan fingerprint density at radius 2 is 2.11 bits per heavy atom. The molecule has 90 valence electrons. The van der Waals surface area contributed by atoms with Crippen LogP contribution in [0, 0.1) is 10.1 Å². The molecule has 18 heavy (non-hydrogen) atoms. The number of benzene rings is 1. The molecule has 1 heterocycles. The molecule has 6 heteroatoms. The highest BCUT2D eigenvalue weighted by Gasteiger charge is 2.06. The number of nitrogens with two attached hydrogens (primary N) is 1. The topological polar surface area (TPSA) is 94.4 Å². The molecule has 2 rings (SSSR count). The van der Waals surface area contributed by atoms with Gasteiger partial charge in [0.1, 0.15) is 11.5 Å². The van der Waals surface area contributed by atoms with Gasteiger partial charge in [0.2, 0.25) is 0 Å². The first-order chi connectivity index (χ1) is 8.66. The number of nitro benzene ring substituents is 1. The molecule has 0 aliphatic carbocycles. The Hall–Kier alpha value is -2.76. The van der Waals surface area contributed by atoms with Gasteiger partial charge < -0.3 is 5.73 Å². The maximum Gasteiger partial charge on any atom is 0.271 e. The van der Waals surface area contributed by atoms with Gasteiger partial charge in [0.25, 0.3) is 5.69 Å². The number of hydrogen-bond donors (Lipinski definition) is 1. The zero-order chi connectivity index (χ0) is 13.0. The maximum atomic E-state index is 10.6. The molecule has 0 atom stereocenters. The van der Waals surface area contributed by atoms with Crippen molar-refractivity contribution in [3.05, 3.63) is 64.5 Å². The lowest BCUT2D eigenvalue weighted by Gasteiger charge is -1.99. The zero-order valence-corrected chi connectivity index (χ0v) is 9.35. The fourth-order valence-corrected chi connectivity index (χ4v) is 1.39. The lowest BCUT2D eigenvalue weighted by Crippen LogP contribution is -2.14. The van der Waals surface area contributed by atoms with Gasteiger partial charge in [0.15, 0.2) is 0 Å². The molecule has 0 saturated heterocycles. The molecule has 1 aromatic carbocycles. The van der Waals surface area contributed by atoms with Crippen molar-refractivity contribution in [1.29, 1.82) is 0 Å². The molecule has 6 nitrogen and oxygen atoms in total. The predicted octanol–water partition coefficient (Wildman–Crippen LogP) is 2.03. The quantitative estimate of drug-likeness (QED) is 0.385. The average Bonchev–Trinajstić information content (AvgIpc) is 2.40. The van der Waals surface area contributed by atoms with E-state index < -0.39 is 4.92 Å². The first kappa shape index (κ1) is 11.7. The van der Waals surface area contributed by atoms with E-state index >= 15 is 0 Å². The van der Waals surface area contributed by atoms with Crippen LogP contribution in [0.3, 0.4) is 0 Å². The van der Waals surface area contributed by atoms with Gasteiger partial charge in [-0.05, 0) is 18.2 Å². The Bertz CT molecular complexity index is 596. The Morgan fingerprint density at radius 3 is 2.78 bits per heavy atom. The second-order valence-corrected chi connectivity index (χ2v) is 3.49. The zero-order valence-electron chi connectivity index (χ0n) is 9.35. The van der Waals surface area contributed by atoms with Gasteiger partial charge in [0, 0.05) is 18.3 Å². The van der Waals surface area contributed by atoms with E-state index in [-0.39, 0.29) is 11.5 Å². The fourth-order valence-electron chi connectivity index (χ4n) is 1.39. The van der Waals surface area contributed by atoms with Crippen LogP contribution in [-0.2, 0) is 0 Å². The molecule has 2 aromatic rings. The molecule has 0 unspecified atom stereocenters. The second kappa shape index (κ2) is 5.05. The van der Waals surface area contributed by atoms with Crippen molar-refractivity contribution in [2.45, 2.75) is 0 Å². The van der Waals surface area contributed by atoms with Gasteiger partial charge in [-0.25, -0.2) is 4.99 Å². The molecule has 0 aliphatic rings. The number of aliphatic imine (C=N–C) groups is 1. The van der Waals surface area contributed by atoms with E-state index in [0.717, 1.165) is 0 Å². The minimum atomic E-state index is -0.476. The lowest BCUT2D eigenvalue weighted by atomic mass is 10.3. The third-order valence-corrected chi connectivity index (χ3v) is 2.22.